The molecule has 5 heteroatoms. The van der Waals surface area contributed by atoms with E-state index in [9.17, 15) is 9.90 Å². The van der Waals surface area contributed by atoms with Crippen molar-refractivity contribution in [2.45, 2.75) is 51.6 Å². The van der Waals surface area contributed by atoms with Crippen LogP contribution in [0.5, 0.6) is 5.75 Å². The predicted octanol–water partition coefficient (Wildman–Crippen LogP) is 5.23. The second kappa shape index (κ2) is 8.30. The number of rotatable bonds is 7. The van der Waals surface area contributed by atoms with Crippen molar-refractivity contribution in [3.63, 3.8) is 0 Å². The predicted molar refractivity (Wildman–Crippen MR) is 100 cm³/mol. The monoisotopic (exact) mass is 357 g/mol. The van der Waals surface area contributed by atoms with E-state index >= 15 is 0 Å². The second-order valence-corrected chi connectivity index (χ2v) is 7.43. The van der Waals surface area contributed by atoms with Crippen LogP contribution in [0.2, 0.25) is 0 Å². The summed E-state index contributed by atoms with van der Waals surface area (Å²) in [5, 5.41) is 12.5. The number of carboxylic acids is 1. The quantitative estimate of drug-likeness (QED) is 0.689. The summed E-state index contributed by atoms with van der Waals surface area (Å²) in [5.74, 6) is -0.323. The number of aromatic nitrogens is 1. The minimum atomic E-state index is -0.907. The Bertz CT molecular complexity index is 749. The van der Waals surface area contributed by atoms with E-state index < -0.39 is 12.1 Å². The summed E-state index contributed by atoms with van der Waals surface area (Å²) in [7, 11) is 0. The molecule has 1 aliphatic rings. The Morgan fingerprint density at radius 3 is 2.72 bits per heavy atom. The Balaban J connectivity index is 1.61. The number of benzene rings is 1. The normalized spacial score (nSPS) is 15.5. The fourth-order valence-electron chi connectivity index (χ4n) is 3.05. The molecular formula is C20H23NO3S. The maximum atomic E-state index is 11.5. The van der Waals surface area contributed by atoms with Crippen LogP contribution in [0.3, 0.4) is 0 Å². The van der Waals surface area contributed by atoms with Gasteiger partial charge in [-0.1, -0.05) is 11.6 Å². The van der Waals surface area contributed by atoms with Crippen molar-refractivity contribution >= 4 is 17.3 Å². The van der Waals surface area contributed by atoms with E-state index in [0.717, 1.165) is 35.5 Å². The van der Waals surface area contributed by atoms with Crippen LogP contribution in [0.15, 0.2) is 41.3 Å². The van der Waals surface area contributed by atoms with Crippen LogP contribution in [0.1, 0.15) is 43.5 Å². The van der Waals surface area contributed by atoms with Crippen molar-refractivity contribution in [2.75, 3.05) is 0 Å². The Labute approximate surface area is 152 Å². The highest BCUT2D eigenvalue weighted by Crippen LogP contribution is 2.26. The van der Waals surface area contributed by atoms with E-state index in [2.05, 4.69) is 11.1 Å². The second-order valence-electron chi connectivity index (χ2n) is 6.37. The zero-order valence-electron chi connectivity index (χ0n) is 14.4. The van der Waals surface area contributed by atoms with Gasteiger partial charge >= 0.3 is 5.97 Å². The van der Waals surface area contributed by atoms with Crippen molar-refractivity contribution in [1.29, 1.82) is 0 Å². The molecular weight excluding hydrogens is 334 g/mol. The van der Waals surface area contributed by atoms with Gasteiger partial charge in [-0.15, -0.1) is 11.3 Å². The first-order valence-electron chi connectivity index (χ1n) is 8.72. The van der Waals surface area contributed by atoms with Crippen LogP contribution in [0.25, 0.3) is 11.3 Å². The molecule has 1 aromatic heterocycles. The molecule has 1 atom stereocenters. The van der Waals surface area contributed by atoms with Crippen molar-refractivity contribution in [2.24, 2.45) is 0 Å². The van der Waals surface area contributed by atoms with Crippen LogP contribution in [-0.4, -0.2) is 22.2 Å². The largest absolute Gasteiger partial charge is 0.479 e. The van der Waals surface area contributed by atoms with Crippen LogP contribution in [0.4, 0.5) is 0 Å². The first-order valence-corrected chi connectivity index (χ1v) is 9.60. The van der Waals surface area contributed by atoms with E-state index in [1.165, 1.54) is 18.4 Å². The van der Waals surface area contributed by atoms with Gasteiger partial charge in [0.15, 0.2) is 6.10 Å². The summed E-state index contributed by atoms with van der Waals surface area (Å²) in [6.07, 6.45) is 7.42. The fourth-order valence-corrected chi connectivity index (χ4v) is 3.67. The van der Waals surface area contributed by atoms with Gasteiger partial charge in [-0.25, -0.2) is 9.78 Å². The molecule has 0 amide bonds. The van der Waals surface area contributed by atoms with Gasteiger partial charge in [-0.05, 0) is 69.7 Å². The van der Waals surface area contributed by atoms with E-state index in [4.69, 9.17) is 4.74 Å². The standard InChI is InChI=1S/C20H23NO3S/c1-14-21-18(13-25-14)16-8-10-17(11-9-16)24-19(20(22)23)12-7-15-5-3-2-4-6-15/h5,8-11,13,19H,2-4,6-7,12H2,1H3,(H,22,23). The minimum absolute atomic E-state index is 0.508. The zero-order valence-corrected chi connectivity index (χ0v) is 15.2. The molecule has 1 aromatic carbocycles. The Morgan fingerprint density at radius 2 is 2.12 bits per heavy atom. The number of thiazole rings is 1. The molecule has 0 fully saturated rings. The number of nitrogens with zero attached hydrogens (tertiary/aromatic N) is 1. The van der Waals surface area contributed by atoms with Gasteiger partial charge in [-0.2, -0.15) is 0 Å². The highest BCUT2D eigenvalue weighted by Gasteiger charge is 2.20. The average Bonchev–Trinajstić information content (AvgIpc) is 3.06. The first-order chi connectivity index (χ1) is 12.1. The van der Waals surface area contributed by atoms with Crippen LogP contribution < -0.4 is 4.74 Å². The Hall–Kier alpha value is -2.14. The summed E-state index contributed by atoms with van der Waals surface area (Å²) in [6, 6.07) is 7.48. The molecule has 132 valence electrons. The third-order valence-corrected chi connectivity index (χ3v) is 5.21. The number of carboxylic acid groups (broad SMARTS) is 1. The summed E-state index contributed by atoms with van der Waals surface area (Å²) in [4.78, 5) is 16.0. The molecule has 25 heavy (non-hydrogen) atoms. The van der Waals surface area contributed by atoms with E-state index in [1.54, 1.807) is 11.3 Å². The van der Waals surface area contributed by atoms with Crippen molar-refractivity contribution in [3.8, 4) is 17.0 Å². The lowest BCUT2D eigenvalue weighted by Crippen LogP contribution is -2.27. The smallest absolute Gasteiger partial charge is 0.344 e. The van der Waals surface area contributed by atoms with Gasteiger partial charge in [0.05, 0.1) is 10.7 Å². The molecule has 0 saturated heterocycles. The molecule has 3 rings (SSSR count). The molecule has 4 nitrogen and oxygen atoms in total. The van der Waals surface area contributed by atoms with E-state index in [0.29, 0.717) is 12.2 Å². The van der Waals surface area contributed by atoms with Crippen molar-refractivity contribution < 1.29 is 14.6 Å². The van der Waals surface area contributed by atoms with Gasteiger partial charge in [0.1, 0.15) is 5.75 Å². The third kappa shape index (κ3) is 4.92. The molecule has 0 saturated carbocycles. The van der Waals surface area contributed by atoms with Crippen molar-refractivity contribution in [1.82, 2.24) is 4.98 Å². The maximum absolute atomic E-state index is 11.5. The third-order valence-electron chi connectivity index (χ3n) is 4.44. The number of aryl methyl sites for hydroxylation is 1. The first kappa shape index (κ1) is 17.7. The zero-order chi connectivity index (χ0) is 17.6. The lowest BCUT2D eigenvalue weighted by atomic mass is 9.95. The molecule has 0 bridgehead atoms. The summed E-state index contributed by atoms with van der Waals surface area (Å²) >= 11 is 1.61. The topological polar surface area (TPSA) is 59.4 Å². The summed E-state index contributed by atoms with van der Waals surface area (Å²) in [6.45, 7) is 1.98. The van der Waals surface area contributed by atoms with Crippen LogP contribution in [0, 0.1) is 6.92 Å². The van der Waals surface area contributed by atoms with Crippen molar-refractivity contribution in [3.05, 3.63) is 46.3 Å². The van der Waals surface area contributed by atoms with E-state index in [1.807, 2.05) is 36.6 Å². The minimum Gasteiger partial charge on any atom is -0.479 e. The number of carbonyl (C=O) groups is 1. The highest BCUT2D eigenvalue weighted by molar-refractivity contribution is 7.09. The number of hydrogen-bond donors (Lipinski definition) is 1. The number of hydrogen-bond acceptors (Lipinski definition) is 4. The highest BCUT2D eigenvalue weighted by atomic mass is 32.1. The van der Waals surface area contributed by atoms with Gasteiger partial charge in [-0.3, -0.25) is 0 Å². The summed E-state index contributed by atoms with van der Waals surface area (Å²) < 4.78 is 5.72. The van der Waals surface area contributed by atoms with Gasteiger partial charge in [0.25, 0.3) is 0 Å². The molecule has 0 radical (unpaired) electrons. The number of allylic oxidation sites excluding steroid dienone is 2. The summed E-state index contributed by atoms with van der Waals surface area (Å²) in [5.41, 5.74) is 3.32. The van der Waals surface area contributed by atoms with Gasteiger partial charge in [0, 0.05) is 10.9 Å². The van der Waals surface area contributed by atoms with Gasteiger partial charge < -0.3 is 9.84 Å². The molecule has 1 N–H and O–H groups in total. The lowest BCUT2D eigenvalue weighted by Gasteiger charge is -2.18. The molecule has 1 heterocycles. The lowest BCUT2D eigenvalue weighted by molar-refractivity contribution is -0.145. The van der Waals surface area contributed by atoms with Crippen LogP contribution >= 0.6 is 11.3 Å². The Kier molecular flexibility index (Phi) is 5.87. The molecule has 1 unspecified atom stereocenters. The number of ether oxygens (including phenoxy) is 1. The molecule has 0 spiro atoms. The SMILES string of the molecule is Cc1nc(-c2ccc(OC(CCC3=CCCCC3)C(=O)O)cc2)cs1. The average molecular weight is 357 g/mol. The number of aliphatic carboxylic acids is 1. The maximum Gasteiger partial charge on any atom is 0.344 e. The molecule has 0 aliphatic heterocycles. The Morgan fingerprint density at radius 1 is 1.32 bits per heavy atom. The van der Waals surface area contributed by atoms with E-state index in [-0.39, 0.29) is 0 Å². The fraction of sp³-hybridized carbons (Fsp3) is 0.400. The van der Waals surface area contributed by atoms with Crippen LogP contribution in [-0.2, 0) is 4.79 Å². The molecule has 2 aromatic rings. The van der Waals surface area contributed by atoms with Gasteiger partial charge in [0.2, 0.25) is 0 Å². The molecule has 1 aliphatic carbocycles.